The number of nitrogens with zero attached hydrogens (tertiary/aromatic N) is 2. The van der Waals surface area contributed by atoms with Crippen molar-refractivity contribution in [1.29, 1.82) is 0 Å². The molecule has 0 fully saturated rings. The number of hydrogen-bond acceptors (Lipinski definition) is 3. The van der Waals surface area contributed by atoms with Crippen molar-refractivity contribution in [2.75, 3.05) is 0 Å². The lowest BCUT2D eigenvalue weighted by molar-refractivity contribution is 0.398. The molecule has 0 unspecified atom stereocenters. The van der Waals surface area contributed by atoms with Gasteiger partial charge in [0.2, 0.25) is 0 Å². The first-order chi connectivity index (χ1) is 9.15. The third kappa shape index (κ3) is 4.03. The van der Waals surface area contributed by atoms with Gasteiger partial charge < -0.3 is 4.65 Å². The van der Waals surface area contributed by atoms with E-state index in [1.165, 1.54) is 18.5 Å². The maximum Gasteiger partial charge on any atom is 0.796 e. The molecule has 0 aliphatic heterocycles. The summed E-state index contributed by atoms with van der Waals surface area (Å²) in [6.45, 7) is 0. The monoisotopic (exact) mass is 280 g/mol. The zero-order chi connectivity index (χ0) is 13.7. The molecule has 96 valence electrons. The van der Waals surface area contributed by atoms with Gasteiger partial charge in [0.25, 0.3) is 0 Å². The Labute approximate surface area is 114 Å². The molecule has 0 saturated carbocycles. The summed E-state index contributed by atoms with van der Waals surface area (Å²) >= 11 is 5.71. The van der Waals surface area contributed by atoms with Gasteiger partial charge in [0.1, 0.15) is 17.2 Å². The van der Waals surface area contributed by atoms with Crippen LogP contribution in [0, 0.1) is 0 Å². The molecule has 1 heterocycles. The topological polar surface area (TPSA) is 35.0 Å². The van der Waals surface area contributed by atoms with Crippen molar-refractivity contribution in [2.24, 2.45) is 0 Å². The molecule has 19 heavy (non-hydrogen) atoms. The fourth-order valence-corrected chi connectivity index (χ4v) is 1.60. The van der Waals surface area contributed by atoms with E-state index in [-0.39, 0.29) is 10.9 Å². The van der Waals surface area contributed by atoms with Crippen molar-refractivity contribution < 1.29 is 13.3 Å². The molecule has 0 aliphatic carbocycles. The Hall–Kier alpha value is -1.95. The fraction of sp³-hybridized carbons (Fsp3) is 0. The molecule has 0 radical (unpaired) electrons. The summed E-state index contributed by atoms with van der Waals surface area (Å²) in [5.74, 6) is 0.0189. The van der Waals surface area contributed by atoms with Crippen molar-refractivity contribution in [3.63, 3.8) is 0 Å². The first-order valence-corrected chi connectivity index (χ1v) is 5.72. The van der Waals surface area contributed by atoms with Crippen LogP contribution in [0.3, 0.4) is 0 Å². The quantitative estimate of drug-likeness (QED) is 0.488. The third-order valence-electron chi connectivity index (χ3n) is 2.21. The highest BCUT2D eigenvalue weighted by Crippen LogP contribution is 2.20. The SMILES string of the molecule is FB(F)O/C(=C\c1cc(Cl)ncn1)c1ccccc1. The van der Waals surface area contributed by atoms with Crippen LogP contribution in [0.1, 0.15) is 11.3 Å². The minimum Gasteiger partial charge on any atom is -0.505 e. The van der Waals surface area contributed by atoms with Gasteiger partial charge in [-0.05, 0) is 0 Å². The Morgan fingerprint density at radius 1 is 1.21 bits per heavy atom. The predicted molar refractivity (Wildman–Crippen MR) is 70.4 cm³/mol. The molecule has 1 aromatic heterocycles. The van der Waals surface area contributed by atoms with Gasteiger partial charge in [0.05, 0.1) is 5.69 Å². The van der Waals surface area contributed by atoms with Crippen molar-refractivity contribution in [1.82, 2.24) is 9.97 Å². The zero-order valence-electron chi connectivity index (χ0n) is 9.63. The lowest BCUT2D eigenvalue weighted by Crippen LogP contribution is -2.04. The van der Waals surface area contributed by atoms with Crippen LogP contribution in [0.5, 0.6) is 0 Å². The Kier molecular flexibility index (Phi) is 4.46. The van der Waals surface area contributed by atoms with Crippen LogP contribution in [0.25, 0.3) is 11.8 Å². The van der Waals surface area contributed by atoms with E-state index in [2.05, 4.69) is 14.6 Å². The van der Waals surface area contributed by atoms with Crippen LogP contribution in [-0.4, -0.2) is 17.4 Å². The summed E-state index contributed by atoms with van der Waals surface area (Å²) in [6, 6.07) is 10.0. The predicted octanol–water partition coefficient (Wildman–Crippen LogP) is 3.57. The largest absolute Gasteiger partial charge is 0.796 e. The van der Waals surface area contributed by atoms with E-state index in [1.54, 1.807) is 30.3 Å². The molecule has 0 spiro atoms. The lowest BCUT2D eigenvalue weighted by Gasteiger charge is -2.08. The van der Waals surface area contributed by atoms with E-state index in [0.717, 1.165) is 0 Å². The maximum atomic E-state index is 12.4. The Morgan fingerprint density at radius 2 is 1.95 bits per heavy atom. The summed E-state index contributed by atoms with van der Waals surface area (Å²) in [5, 5.41) is 0.228. The van der Waals surface area contributed by atoms with Crippen LogP contribution < -0.4 is 0 Å². The number of benzene rings is 1. The molecule has 0 N–H and O–H groups in total. The third-order valence-corrected chi connectivity index (χ3v) is 2.41. The van der Waals surface area contributed by atoms with Crippen molar-refractivity contribution >= 4 is 30.9 Å². The summed E-state index contributed by atoms with van der Waals surface area (Å²) in [6.07, 6.45) is 2.63. The molecule has 0 bridgehead atoms. The van der Waals surface area contributed by atoms with Gasteiger partial charge in [0.15, 0.2) is 0 Å². The minimum absolute atomic E-state index is 0.0189. The highest BCUT2D eigenvalue weighted by atomic mass is 35.5. The molecule has 3 nitrogen and oxygen atoms in total. The second kappa shape index (κ2) is 6.29. The fourth-order valence-electron chi connectivity index (χ4n) is 1.44. The van der Waals surface area contributed by atoms with E-state index in [9.17, 15) is 8.63 Å². The number of hydrogen-bond donors (Lipinski definition) is 0. The normalized spacial score (nSPS) is 11.2. The van der Waals surface area contributed by atoms with E-state index in [4.69, 9.17) is 11.6 Å². The summed E-state index contributed by atoms with van der Waals surface area (Å²) in [7, 11) is -2.91. The highest BCUT2D eigenvalue weighted by Gasteiger charge is 2.20. The minimum atomic E-state index is -2.91. The van der Waals surface area contributed by atoms with Gasteiger partial charge in [-0.15, -0.1) is 0 Å². The second-order valence-corrected chi connectivity index (χ2v) is 3.91. The Balaban J connectivity index is 2.38. The molecule has 0 atom stereocenters. The van der Waals surface area contributed by atoms with Crippen LogP contribution in [0.15, 0.2) is 42.7 Å². The molecule has 2 aromatic rings. The second-order valence-electron chi connectivity index (χ2n) is 3.52. The van der Waals surface area contributed by atoms with Crippen molar-refractivity contribution in [3.8, 4) is 0 Å². The van der Waals surface area contributed by atoms with Crippen molar-refractivity contribution in [2.45, 2.75) is 0 Å². The number of aromatic nitrogens is 2. The molecule has 1 aromatic carbocycles. The molecular weight excluding hydrogens is 272 g/mol. The van der Waals surface area contributed by atoms with Crippen LogP contribution in [0.4, 0.5) is 8.63 Å². The zero-order valence-corrected chi connectivity index (χ0v) is 10.4. The summed E-state index contributed by atoms with van der Waals surface area (Å²) in [4.78, 5) is 7.63. The van der Waals surface area contributed by atoms with Gasteiger partial charge >= 0.3 is 7.47 Å². The van der Waals surface area contributed by atoms with E-state index in [1.807, 2.05) is 0 Å². The first-order valence-electron chi connectivity index (χ1n) is 5.34. The average Bonchev–Trinajstić information content (AvgIpc) is 2.38. The van der Waals surface area contributed by atoms with E-state index >= 15 is 0 Å². The van der Waals surface area contributed by atoms with Gasteiger partial charge in [-0.25, -0.2) is 18.6 Å². The highest BCUT2D eigenvalue weighted by molar-refractivity contribution is 6.36. The van der Waals surface area contributed by atoms with E-state index in [0.29, 0.717) is 11.3 Å². The number of rotatable bonds is 4. The Morgan fingerprint density at radius 3 is 2.58 bits per heavy atom. The lowest BCUT2D eigenvalue weighted by atomic mass is 10.1. The molecule has 7 heteroatoms. The molecule has 0 amide bonds. The van der Waals surface area contributed by atoms with Crippen molar-refractivity contribution in [3.05, 3.63) is 59.1 Å². The van der Waals surface area contributed by atoms with Gasteiger partial charge in [-0.3, -0.25) is 0 Å². The molecule has 2 rings (SSSR count). The summed E-state index contributed by atoms with van der Waals surface area (Å²) < 4.78 is 29.4. The van der Waals surface area contributed by atoms with Gasteiger partial charge in [0, 0.05) is 17.7 Å². The maximum absolute atomic E-state index is 12.4. The Bertz CT molecular complexity index is 581. The van der Waals surface area contributed by atoms with Crippen LogP contribution >= 0.6 is 11.6 Å². The average molecular weight is 280 g/mol. The molecule has 0 aliphatic rings. The van der Waals surface area contributed by atoms with Crippen LogP contribution in [-0.2, 0) is 4.65 Å². The van der Waals surface area contributed by atoms with Gasteiger partial charge in [-0.1, -0.05) is 41.9 Å². The standard InChI is InChI=1S/C12H8BClF2N2O/c14-12-7-10(17-8-18-12)6-11(19-13(15)16)9-4-2-1-3-5-9/h1-8H/b11-6-. The van der Waals surface area contributed by atoms with Crippen LogP contribution in [0.2, 0.25) is 5.15 Å². The molecular formula is C12H8BClF2N2O. The molecule has 0 saturated heterocycles. The number of halogens is 3. The first kappa shape index (κ1) is 13.5. The van der Waals surface area contributed by atoms with Gasteiger partial charge in [-0.2, -0.15) is 0 Å². The van der Waals surface area contributed by atoms with E-state index < -0.39 is 7.47 Å². The summed E-state index contributed by atoms with van der Waals surface area (Å²) in [5.41, 5.74) is 0.914. The smallest absolute Gasteiger partial charge is 0.505 e.